The van der Waals surface area contributed by atoms with E-state index in [4.69, 9.17) is 9.47 Å². The summed E-state index contributed by atoms with van der Waals surface area (Å²) in [6, 6.07) is 13.1. The van der Waals surface area contributed by atoms with Crippen LogP contribution in [0.5, 0.6) is 5.75 Å². The normalized spacial score (nSPS) is 18.9. The molecule has 0 bridgehead atoms. The molecule has 184 valence electrons. The standard InChI is InChI=1S/C25H29N5O5/c1-28-23(31)10-9-22(27-28)25(33)30-15-21(35-17-18-6-5-8-20(12-18)34-2)14-29(24(32)16-30)13-19-7-3-4-11-26-19/h3-8,11-12,21H,9-10,13-17H2,1-2H3/t21-/m0/s1. The predicted molar refractivity (Wildman–Crippen MR) is 127 cm³/mol. The van der Waals surface area contributed by atoms with Gasteiger partial charge >= 0.3 is 0 Å². The summed E-state index contributed by atoms with van der Waals surface area (Å²) in [5.41, 5.74) is 1.94. The van der Waals surface area contributed by atoms with Crippen molar-refractivity contribution < 1.29 is 23.9 Å². The molecule has 10 heteroatoms. The van der Waals surface area contributed by atoms with Gasteiger partial charge in [-0.1, -0.05) is 18.2 Å². The molecular formula is C25H29N5O5. The number of hydrogen-bond acceptors (Lipinski definition) is 7. The van der Waals surface area contributed by atoms with Crippen LogP contribution in [0.15, 0.2) is 53.8 Å². The smallest absolute Gasteiger partial charge is 0.270 e. The van der Waals surface area contributed by atoms with Crippen molar-refractivity contribution in [3.63, 3.8) is 0 Å². The molecule has 0 N–H and O–H groups in total. The van der Waals surface area contributed by atoms with Crippen LogP contribution in [-0.2, 0) is 32.3 Å². The number of rotatable bonds is 7. The second-order valence-electron chi connectivity index (χ2n) is 8.53. The van der Waals surface area contributed by atoms with Crippen molar-refractivity contribution in [2.75, 3.05) is 33.8 Å². The Morgan fingerprint density at radius 1 is 1.09 bits per heavy atom. The third-order valence-electron chi connectivity index (χ3n) is 5.97. The van der Waals surface area contributed by atoms with Gasteiger partial charge in [0.15, 0.2) is 0 Å². The molecule has 1 atom stereocenters. The average molecular weight is 480 g/mol. The van der Waals surface area contributed by atoms with E-state index in [0.717, 1.165) is 17.0 Å². The lowest BCUT2D eigenvalue weighted by Crippen LogP contribution is -2.45. The molecule has 1 aromatic heterocycles. The molecule has 10 nitrogen and oxygen atoms in total. The van der Waals surface area contributed by atoms with Gasteiger partial charge in [0, 0.05) is 39.2 Å². The zero-order valence-corrected chi connectivity index (χ0v) is 19.9. The molecule has 1 fully saturated rings. The number of nitrogens with zero attached hydrogens (tertiary/aromatic N) is 5. The summed E-state index contributed by atoms with van der Waals surface area (Å²) < 4.78 is 11.5. The SMILES string of the molecule is COc1cccc(CO[C@H]2CN(Cc3ccccn3)C(=O)CN(C(=O)C3=NN(C)C(=O)CC3)C2)c1. The number of hydrogen-bond donors (Lipinski definition) is 0. The zero-order valence-electron chi connectivity index (χ0n) is 19.9. The number of aromatic nitrogens is 1. The number of carbonyl (C=O) groups is 3. The molecule has 0 saturated carbocycles. The average Bonchev–Trinajstić information content (AvgIpc) is 3.03. The summed E-state index contributed by atoms with van der Waals surface area (Å²) in [5, 5.41) is 5.32. The highest BCUT2D eigenvalue weighted by Gasteiger charge is 2.34. The van der Waals surface area contributed by atoms with Crippen molar-refractivity contribution >= 4 is 23.4 Å². The van der Waals surface area contributed by atoms with E-state index in [1.54, 1.807) is 18.2 Å². The monoisotopic (exact) mass is 479 g/mol. The van der Waals surface area contributed by atoms with Crippen LogP contribution >= 0.6 is 0 Å². The fourth-order valence-corrected chi connectivity index (χ4v) is 4.06. The zero-order chi connectivity index (χ0) is 24.8. The van der Waals surface area contributed by atoms with E-state index in [9.17, 15) is 14.4 Å². The Kier molecular flexibility index (Phi) is 7.71. The number of ether oxygens (including phenoxy) is 2. The van der Waals surface area contributed by atoms with Gasteiger partial charge in [-0.15, -0.1) is 0 Å². The van der Waals surface area contributed by atoms with Gasteiger partial charge in [0.05, 0.1) is 32.1 Å². The van der Waals surface area contributed by atoms with Crippen molar-refractivity contribution in [1.29, 1.82) is 0 Å². The van der Waals surface area contributed by atoms with Gasteiger partial charge in [0.1, 0.15) is 18.0 Å². The molecule has 0 spiro atoms. The van der Waals surface area contributed by atoms with Gasteiger partial charge < -0.3 is 19.3 Å². The first-order chi connectivity index (χ1) is 16.9. The van der Waals surface area contributed by atoms with E-state index >= 15 is 0 Å². The maximum absolute atomic E-state index is 13.3. The molecule has 3 amide bonds. The molecule has 2 aliphatic rings. The summed E-state index contributed by atoms with van der Waals surface area (Å²) in [6.45, 7) is 1.06. The van der Waals surface area contributed by atoms with Crippen molar-refractivity contribution in [2.24, 2.45) is 5.10 Å². The van der Waals surface area contributed by atoms with Crippen LogP contribution in [0.3, 0.4) is 0 Å². The van der Waals surface area contributed by atoms with Crippen LogP contribution in [0, 0.1) is 0 Å². The molecule has 3 heterocycles. The van der Waals surface area contributed by atoms with Gasteiger partial charge in [0.25, 0.3) is 5.91 Å². The third kappa shape index (κ3) is 6.21. The maximum Gasteiger partial charge on any atom is 0.270 e. The van der Waals surface area contributed by atoms with Crippen LogP contribution < -0.4 is 4.74 Å². The highest BCUT2D eigenvalue weighted by atomic mass is 16.5. The predicted octanol–water partition coefficient (Wildman–Crippen LogP) is 1.45. The van der Waals surface area contributed by atoms with E-state index < -0.39 is 6.10 Å². The molecule has 1 aromatic carbocycles. The summed E-state index contributed by atoms with van der Waals surface area (Å²) >= 11 is 0. The minimum absolute atomic E-state index is 0.0959. The van der Waals surface area contributed by atoms with Gasteiger partial charge in [-0.25, -0.2) is 5.01 Å². The first-order valence-electron chi connectivity index (χ1n) is 11.5. The maximum atomic E-state index is 13.3. The minimum atomic E-state index is -0.427. The Bertz CT molecular complexity index is 1110. The highest BCUT2D eigenvalue weighted by Crippen LogP contribution is 2.18. The third-order valence-corrected chi connectivity index (χ3v) is 5.97. The summed E-state index contributed by atoms with van der Waals surface area (Å²) in [5.74, 6) is 0.0314. The Morgan fingerprint density at radius 2 is 1.94 bits per heavy atom. The minimum Gasteiger partial charge on any atom is -0.497 e. The lowest BCUT2D eigenvalue weighted by atomic mass is 10.1. The van der Waals surface area contributed by atoms with Crippen LogP contribution in [0.4, 0.5) is 0 Å². The van der Waals surface area contributed by atoms with Crippen LogP contribution in [0.25, 0.3) is 0 Å². The molecule has 4 rings (SSSR count). The second kappa shape index (κ2) is 11.1. The highest BCUT2D eigenvalue weighted by molar-refractivity contribution is 6.39. The molecule has 35 heavy (non-hydrogen) atoms. The number of methoxy groups -OCH3 is 1. The van der Waals surface area contributed by atoms with Gasteiger partial charge in [0.2, 0.25) is 11.8 Å². The molecule has 2 aromatic rings. The van der Waals surface area contributed by atoms with Crippen molar-refractivity contribution in [3.05, 3.63) is 59.9 Å². The lowest BCUT2D eigenvalue weighted by molar-refractivity contribution is -0.136. The summed E-state index contributed by atoms with van der Waals surface area (Å²) in [6.07, 6.45) is 1.72. The van der Waals surface area contributed by atoms with E-state index in [0.29, 0.717) is 19.7 Å². The van der Waals surface area contributed by atoms with E-state index in [2.05, 4.69) is 10.1 Å². The number of amides is 3. The number of pyridine rings is 1. The van der Waals surface area contributed by atoms with E-state index in [1.807, 2.05) is 42.5 Å². The van der Waals surface area contributed by atoms with Crippen LogP contribution in [-0.4, -0.2) is 83.1 Å². The molecule has 0 radical (unpaired) electrons. The Morgan fingerprint density at radius 3 is 2.69 bits per heavy atom. The Labute approximate surface area is 204 Å². The molecular weight excluding hydrogens is 450 g/mol. The fraction of sp³-hybridized carbons (Fsp3) is 0.400. The first kappa shape index (κ1) is 24.3. The largest absolute Gasteiger partial charge is 0.497 e. The number of hydrazone groups is 1. The summed E-state index contributed by atoms with van der Waals surface area (Å²) in [7, 11) is 3.13. The molecule has 0 aliphatic carbocycles. The lowest BCUT2D eigenvalue weighted by Gasteiger charge is -2.26. The van der Waals surface area contributed by atoms with Gasteiger partial charge in [-0.2, -0.15) is 5.10 Å². The van der Waals surface area contributed by atoms with Gasteiger partial charge in [-0.3, -0.25) is 19.4 Å². The van der Waals surface area contributed by atoms with Crippen molar-refractivity contribution in [3.8, 4) is 5.75 Å². The van der Waals surface area contributed by atoms with Crippen molar-refractivity contribution in [2.45, 2.75) is 32.1 Å². The Hall–Kier alpha value is -3.79. The van der Waals surface area contributed by atoms with E-state index in [-0.39, 0.29) is 49.4 Å². The number of carbonyl (C=O) groups excluding carboxylic acids is 3. The quantitative estimate of drug-likeness (QED) is 0.596. The Balaban J connectivity index is 1.53. The van der Waals surface area contributed by atoms with E-state index in [1.165, 1.54) is 17.0 Å². The van der Waals surface area contributed by atoms with Crippen LogP contribution in [0.2, 0.25) is 0 Å². The number of benzene rings is 1. The molecule has 2 aliphatic heterocycles. The van der Waals surface area contributed by atoms with Crippen LogP contribution in [0.1, 0.15) is 24.1 Å². The summed E-state index contributed by atoms with van der Waals surface area (Å²) in [4.78, 5) is 45.7. The molecule has 1 saturated heterocycles. The fourth-order valence-electron chi connectivity index (χ4n) is 4.06. The first-order valence-corrected chi connectivity index (χ1v) is 11.5. The van der Waals surface area contributed by atoms with Gasteiger partial charge in [-0.05, 0) is 29.8 Å². The molecule has 0 unspecified atom stereocenters. The second-order valence-corrected chi connectivity index (χ2v) is 8.53. The topological polar surface area (TPSA) is 105 Å². The van der Waals surface area contributed by atoms with Crippen molar-refractivity contribution in [1.82, 2.24) is 19.8 Å².